The molecule has 0 bridgehead atoms. The molecule has 0 radical (unpaired) electrons. The van der Waals surface area contributed by atoms with E-state index in [0.29, 0.717) is 6.54 Å². The molecule has 1 aliphatic rings. The second kappa shape index (κ2) is 4.68. The minimum absolute atomic E-state index is 0.0557. The topological polar surface area (TPSA) is 48.1 Å². The van der Waals surface area contributed by atoms with E-state index in [-0.39, 0.29) is 6.10 Å². The van der Waals surface area contributed by atoms with Crippen LogP contribution in [0.4, 0.5) is 0 Å². The quantitative estimate of drug-likeness (QED) is 0.906. The maximum atomic E-state index is 5.96. The monoisotopic (exact) mass is 264 g/mol. The molecule has 2 heterocycles. The Morgan fingerprint density at radius 3 is 3.12 bits per heavy atom. The van der Waals surface area contributed by atoms with Crippen LogP contribution in [0.2, 0.25) is 0 Å². The smallest absolute Gasteiger partial charge is 0.159 e. The SMILES string of the molecule is NCc1cnc(C2CSc3ccccc3O2)s1. The summed E-state index contributed by atoms with van der Waals surface area (Å²) in [5.74, 6) is 1.87. The molecule has 3 rings (SSSR count). The van der Waals surface area contributed by atoms with Crippen molar-refractivity contribution in [1.82, 2.24) is 4.98 Å². The minimum Gasteiger partial charge on any atom is -0.481 e. The normalized spacial score (nSPS) is 18.5. The van der Waals surface area contributed by atoms with E-state index >= 15 is 0 Å². The van der Waals surface area contributed by atoms with Gasteiger partial charge < -0.3 is 10.5 Å². The van der Waals surface area contributed by atoms with Crippen LogP contribution in [0.15, 0.2) is 35.4 Å². The summed E-state index contributed by atoms with van der Waals surface area (Å²) < 4.78 is 5.96. The third kappa shape index (κ3) is 2.18. The zero-order valence-electron chi connectivity index (χ0n) is 9.13. The second-order valence-electron chi connectivity index (χ2n) is 3.73. The van der Waals surface area contributed by atoms with E-state index in [1.807, 2.05) is 36.2 Å². The predicted molar refractivity (Wildman–Crippen MR) is 70.5 cm³/mol. The molecular formula is C12H12N2OS2. The fraction of sp³-hybridized carbons (Fsp3) is 0.250. The lowest BCUT2D eigenvalue weighted by atomic mass is 10.3. The summed E-state index contributed by atoms with van der Waals surface area (Å²) in [6.45, 7) is 0.550. The third-order valence-electron chi connectivity index (χ3n) is 2.56. The fourth-order valence-corrected chi connectivity index (χ4v) is 3.63. The van der Waals surface area contributed by atoms with Crippen molar-refractivity contribution in [2.45, 2.75) is 17.5 Å². The molecule has 5 heteroatoms. The van der Waals surface area contributed by atoms with Crippen LogP contribution in [0.25, 0.3) is 0 Å². The van der Waals surface area contributed by atoms with Gasteiger partial charge in [0.15, 0.2) is 6.10 Å². The zero-order valence-corrected chi connectivity index (χ0v) is 10.8. The minimum atomic E-state index is 0.0557. The number of hydrogen-bond acceptors (Lipinski definition) is 5. The highest BCUT2D eigenvalue weighted by atomic mass is 32.2. The molecule has 0 saturated carbocycles. The van der Waals surface area contributed by atoms with Crippen LogP contribution in [-0.4, -0.2) is 10.7 Å². The highest BCUT2D eigenvalue weighted by Crippen LogP contribution is 2.40. The number of rotatable bonds is 2. The molecule has 2 aromatic rings. The predicted octanol–water partition coefficient (Wildman–Crippen LogP) is 2.83. The second-order valence-corrected chi connectivity index (χ2v) is 5.94. The van der Waals surface area contributed by atoms with E-state index in [4.69, 9.17) is 10.5 Å². The van der Waals surface area contributed by atoms with Crippen molar-refractivity contribution >= 4 is 23.1 Å². The van der Waals surface area contributed by atoms with Crippen molar-refractivity contribution in [3.63, 3.8) is 0 Å². The first-order chi connectivity index (χ1) is 8.36. The molecule has 0 amide bonds. The van der Waals surface area contributed by atoms with Crippen molar-refractivity contribution < 1.29 is 4.74 Å². The average molecular weight is 264 g/mol. The summed E-state index contributed by atoms with van der Waals surface area (Å²) in [6, 6.07) is 8.12. The van der Waals surface area contributed by atoms with Crippen molar-refractivity contribution in [2.75, 3.05) is 5.75 Å². The van der Waals surface area contributed by atoms with Crippen LogP contribution in [0.5, 0.6) is 5.75 Å². The van der Waals surface area contributed by atoms with E-state index < -0.39 is 0 Å². The lowest BCUT2D eigenvalue weighted by Crippen LogP contribution is -2.14. The summed E-state index contributed by atoms with van der Waals surface area (Å²) >= 11 is 3.46. The maximum absolute atomic E-state index is 5.96. The molecule has 0 spiro atoms. The molecule has 3 nitrogen and oxygen atoms in total. The Hall–Kier alpha value is -1.04. The first-order valence-electron chi connectivity index (χ1n) is 5.40. The molecule has 2 N–H and O–H groups in total. The van der Waals surface area contributed by atoms with Crippen LogP contribution in [0.3, 0.4) is 0 Å². The first kappa shape index (κ1) is 11.1. The Bertz CT molecular complexity index is 527. The summed E-state index contributed by atoms with van der Waals surface area (Å²) in [7, 11) is 0. The van der Waals surface area contributed by atoms with Gasteiger partial charge in [0.25, 0.3) is 0 Å². The third-order valence-corrected chi connectivity index (χ3v) is 4.79. The highest BCUT2D eigenvalue weighted by molar-refractivity contribution is 7.99. The number of thioether (sulfide) groups is 1. The number of hydrogen-bond donors (Lipinski definition) is 1. The lowest BCUT2D eigenvalue weighted by molar-refractivity contribution is 0.220. The van der Waals surface area contributed by atoms with Crippen LogP contribution >= 0.6 is 23.1 Å². The largest absolute Gasteiger partial charge is 0.481 e. The van der Waals surface area contributed by atoms with Crippen LogP contribution in [0, 0.1) is 0 Å². The summed E-state index contributed by atoms with van der Waals surface area (Å²) in [5.41, 5.74) is 5.59. The number of thiazole rings is 1. The molecule has 1 atom stereocenters. The van der Waals surface area contributed by atoms with Crippen molar-refractivity contribution in [2.24, 2.45) is 5.73 Å². The van der Waals surface area contributed by atoms with Crippen LogP contribution < -0.4 is 10.5 Å². The van der Waals surface area contributed by atoms with Gasteiger partial charge in [-0.3, -0.25) is 0 Å². The Kier molecular flexibility index (Phi) is 3.05. The van der Waals surface area contributed by atoms with Gasteiger partial charge in [0.1, 0.15) is 10.8 Å². The fourth-order valence-electron chi connectivity index (χ4n) is 1.71. The number of nitrogens with two attached hydrogens (primary N) is 1. The van der Waals surface area contributed by atoms with Gasteiger partial charge in [-0.05, 0) is 12.1 Å². The van der Waals surface area contributed by atoms with Gasteiger partial charge in [-0.15, -0.1) is 23.1 Å². The molecule has 1 aromatic heterocycles. The number of fused-ring (bicyclic) bond motifs is 1. The molecule has 1 unspecified atom stereocenters. The standard InChI is InChI=1S/C12H12N2OS2/c13-5-8-6-14-12(17-8)10-7-16-11-4-2-1-3-9(11)15-10/h1-4,6,10H,5,7,13H2. The molecular weight excluding hydrogens is 252 g/mol. The van der Waals surface area contributed by atoms with Crippen LogP contribution in [-0.2, 0) is 6.54 Å². The summed E-state index contributed by atoms with van der Waals surface area (Å²) in [6.07, 6.45) is 1.90. The Labute approximate surface area is 108 Å². The summed E-state index contributed by atoms with van der Waals surface area (Å²) in [4.78, 5) is 6.70. The van der Waals surface area contributed by atoms with Gasteiger partial charge in [0.05, 0.1) is 0 Å². The van der Waals surface area contributed by atoms with E-state index in [1.165, 1.54) is 4.90 Å². The number of nitrogens with zero attached hydrogens (tertiary/aromatic N) is 1. The molecule has 17 heavy (non-hydrogen) atoms. The summed E-state index contributed by atoms with van der Waals surface area (Å²) in [5, 5.41) is 1.02. The highest BCUT2D eigenvalue weighted by Gasteiger charge is 2.23. The van der Waals surface area contributed by atoms with E-state index in [1.54, 1.807) is 11.3 Å². The van der Waals surface area contributed by atoms with Gasteiger partial charge in [0.2, 0.25) is 0 Å². The van der Waals surface area contributed by atoms with Gasteiger partial charge >= 0.3 is 0 Å². The Morgan fingerprint density at radius 1 is 1.41 bits per heavy atom. The number of benzene rings is 1. The Balaban J connectivity index is 1.84. The van der Waals surface area contributed by atoms with E-state index in [9.17, 15) is 0 Å². The number of ether oxygens (including phenoxy) is 1. The zero-order chi connectivity index (χ0) is 11.7. The number of aromatic nitrogens is 1. The number of para-hydroxylation sites is 1. The lowest BCUT2D eigenvalue weighted by Gasteiger charge is -2.23. The van der Waals surface area contributed by atoms with Gasteiger partial charge in [-0.2, -0.15) is 0 Å². The van der Waals surface area contributed by atoms with Gasteiger partial charge in [-0.25, -0.2) is 4.98 Å². The van der Waals surface area contributed by atoms with Crippen LogP contribution in [0.1, 0.15) is 16.0 Å². The Morgan fingerprint density at radius 2 is 2.29 bits per heavy atom. The molecule has 0 fully saturated rings. The molecule has 88 valence electrons. The van der Waals surface area contributed by atoms with E-state index in [2.05, 4.69) is 11.1 Å². The van der Waals surface area contributed by atoms with Crippen molar-refractivity contribution in [3.8, 4) is 5.75 Å². The van der Waals surface area contributed by atoms with Crippen molar-refractivity contribution in [3.05, 3.63) is 40.3 Å². The molecule has 1 aliphatic heterocycles. The molecule has 0 aliphatic carbocycles. The molecule has 0 saturated heterocycles. The van der Waals surface area contributed by atoms with Gasteiger partial charge in [-0.1, -0.05) is 12.1 Å². The molecule has 1 aromatic carbocycles. The van der Waals surface area contributed by atoms with Gasteiger partial charge in [0, 0.05) is 28.3 Å². The first-order valence-corrected chi connectivity index (χ1v) is 7.20. The average Bonchev–Trinajstić information content (AvgIpc) is 2.87. The maximum Gasteiger partial charge on any atom is 0.159 e. The van der Waals surface area contributed by atoms with Crippen molar-refractivity contribution in [1.29, 1.82) is 0 Å². The van der Waals surface area contributed by atoms with E-state index in [0.717, 1.165) is 21.4 Å².